The number of nitrogens with one attached hydrogen (secondary N) is 1. The van der Waals surface area contributed by atoms with Gasteiger partial charge in [0.05, 0.1) is 13.2 Å². The van der Waals surface area contributed by atoms with Crippen LogP contribution in [0.15, 0.2) is 0 Å². The average molecular weight is 243 g/mol. The maximum atomic E-state index is 14.8. The van der Waals surface area contributed by atoms with E-state index >= 15 is 0 Å². The van der Waals surface area contributed by atoms with Gasteiger partial charge < -0.3 is 10.1 Å². The van der Waals surface area contributed by atoms with Crippen LogP contribution in [0, 0.1) is 11.8 Å². The fourth-order valence-corrected chi connectivity index (χ4v) is 3.38. The summed E-state index contributed by atoms with van der Waals surface area (Å²) in [5, 5.41) is 3.36. The van der Waals surface area contributed by atoms with E-state index in [0.29, 0.717) is 18.9 Å². The van der Waals surface area contributed by atoms with E-state index in [1.54, 1.807) is 6.92 Å². The second kappa shape index (κ2) is 5.66. The molecule has 1 heterocycles. The lowest BCUT2D eigenvalue weighted by Gasteiger charge is -2.38. The van der Waals surface area contributed by atoms with Crippen LogP contribution in [0.2, 0.25) is 0 Å². The molecule has 1 saturated carbocycles. The summed E-state index contributed by atoms with van der Waals surface area (Å²) in [6.07, 6.45) is 5.19. The minimum absolute atomic E-state index is 0.205. The number of hydrogen-bond donors (Lipinski definition) is 1. The molecule has 0 aromatic heterocycles. The van der Waals surface area contributed by atoms with E-state index in [4.69, 9.17) is 4.74 Å². The molecule has 4 atom stereocenters. The number of hydrogen-bond acceptors (Lipinski definition) is 2. The second-order valence-electron chi connectivity index (χ2n) is 6.18. The molecule has 2 nitrogen and oxygen atoms in total. The Balaban J connectivity index is 1.87. The molecule has 4 unspecified atom stereocenters. The predicted octanol–water partition coefficient (Wildman–Crippen LogP) is 2.92. The van der Waals surface area contributed by atoms with E-state index < -0.39 is 5.67 Å². The van der Waals surface area contributed by atoms with Crippen LogP contribution in [0.25, 0.3) is 0 Å². The monoisotopic (exact) mass is 243 g/mol. The Morgan fingerprint density at radius 1 is 1.41 bits per heavy atom. The third kappa shape index (κ3) is 3.65. The van der Waals surface area contributed by atoms with Crippen molar-refractivity contribution in [2.75, 3.05) is 19.8 Å². The molecule has 100 valence electrons. The van der Waals surface area contributed by atoms with E-state index in [9.17, 15) is 4.39 Å². The second-order valence-corrected chi connectivity index (χ2v) is 6.18. The Kier molecular flexibility index (Phi) is 4.42. The first-order chi connectivity index (χ1) is 8.08. The summed E-state index contributed by atoms with van der Waals surface area (Å²) in [5.41, 5.74) is -1.03. The standard InChI is InChI=1S/C14H26FNO/c1-11-4-3-5-12(8-11)14(2,15)9-13-10-17-7-6-16-13/h11-13,16H,3-10H2,1-2H3. The van der Waals surface area contributed by atoms with Crippen LogP contribution in [0.4, 0.5) is 4.39 Å². The van der Waals surface area contributed by atoms with Gasteiger partial charge in [-0.3, -0.25) is 0 Å². The van der Waals surface area contributed by atoms with Crippen molar-refractivity contribution < 1.29 is 9.13 Å². The SMILES string of the molecule is CC1CCCC(C(C)(F)CC2COCCN2)C1. The molecular weight excluding hydrogens is 217 g/mol. The highest BCUT2D eigenvalue weighted by atomic mass is 19.1. The highest BCUT2D eigenvalue weighted by Crippen LogP contribution is 2.40. The molecule has 2 fully saturated rings. The van der Waals surface area contributed by atoms with Crippen LogP contribution in [0.5, 0.6) is 0 Å². The molecule has 0 bridgehead atoms. The van der Waals surface area contributed by atoms with Crippen LogP contribution in [-0.2, 0) is 4.74 Å². The molecule has 0 aromatic rings. The summed E-state index contributed by atoms with van der Waals surface area (Å²) >= 11 is 0. The Morgan fingerprint density at radius 3 is 2.88 bits per heavy atom. The van der Waals surface area contributed by atoms with Gasteiger partial charge in [0.2, 0.25) is 0 Å². The number of ether oxygens (including phenoxy) is 1. The van der Waals surface area contributed by atoms with Crippen molar-refractivity contribution in [1.29, 1.82) is 0 Å². The van der Waals surface area contributed by atoms with Crippen molar-refractivity contribution >= 4 is 0 Å². The molecule has 2 aliphatic rings. The molecule has 1 aliphatic heterocycles. The Morgan fingerprint density at radius 2 is 2.24 bits per heavy atom. The van der Waals surface area contributed by atoms with Crippen LogP contribution in [-0.4, -0.2) is 31.5 Å². The van der Waals surface area contributed by atoms with Crippen LogP contribution in [0.1, 0.15) is 46.0 Å². The molecule has 0 spiro atoms. The largest absolute Gasteiger partial charge is 0.379 e. The summed E-state index contributed by atoms with van der Waals surface area (Å²) in [4.78, 5) is 0. The van der Waals surface area contributed by atoms with Crippen molar-refractivity contribution in [3.05, 3.63) is 0 Å². The van der Waals surface area contributed by atoms with E-state index in [2.05, 4.69) is 12.2 Å². The van der Waals surface area contributed by atoms with E-state index in [-0.39, 0.29) is 12.0 Å². The summed E-state index contributed by atoms with van der Waals surface area (Å²) in [6.45, 7) is 6.35. The lowest BCUT2D eigenvalue weighted by molar-refractivity contribution is 0.00977. The van der Waals surface area contributed by atoms with Gasteiger partial charge in [0.15, 0.2) is 0 Å². The van der Waals surface area contributed by atoms with Gasteiger partial charge in [-0.05, 0) is 38.0 Å². The Bertz CT molecular complexity index is 238. The first-order valence-corrected chi connectivity index (χ1v) is 7.08. The minimum Gasteiger partial charge on any atom is -0.379 e. The molecule has 2 rings (SSSR count). The summed E-state index contributed by atoms with van der Waals surface area (Å²) < 4.78 is 20.2. The zero-order valence-corrected chi connectivity index (χ0v) is 11.2. The molecule has 0 aromatic carbocycles. The van der Waals surface area contributed by atoms with Gasteiger partial charge in [0.1, 0.15) is 5.67 Å². The fraction of sp³-hybridized carbons (Fsp3) is 1.00. The quantitative estimate of drug-likeness (QED) is 0.823. The number of rotatable bonds is 3. The summed E-state index contributed by atoms with van der Waals surface area (Å²) in [7, 11) is 0. The van der Waals surface area contributed by atoms with Crippen molar-refractivity contribution in [2.24, 2.45) is 11.8 Å². The van der Waals surface area contributed by atoms with Gasteiger partial charge >= 0.3 is 0 Å². The molecule has 1 saturated heterocycles. The molecule has 3 heteroatoms. The molecule has 1 N–H and O–H groups in total. The summed E-state index contributed by atoms with van der Waals surface area (Å²) in [6, 6.07) is 0.205. The summed E-state index contributed by atoms with van der Waals surface area (Å²) in [5.74, 6) is 0.939. The van der Waals surface area contributed by atoms with E-state index in [1.165, 1.54) is 12.8 Å². The maximum absolute atomic E-state index is 14.8. The number of morpholine rings is 1. The molecule has 0 amide bonds. The Labute approximate surface area is 104 Å². The van der Waals surface area contributed by atoms with Crippen LogP contribution in [0.3, 0.4) is 0 Å². The smallest absolute Gasteiger partial charge is 0.112 e. The fourth-order valence-electron chi connectivity index (χ4n) is 3.38. The van der Waals surface area contributed by atoms with Gasteiger partial charge in [-0.25, -0.2) is 4.39 Å². The Hall–Kier alpha value is -0.150. The van der Waals surface area contributed by atoms with Gasteiger partial charge in [-0.2, -0.15) is 0 Å². The lowest BCUT2D eigenvalue weighted by atomic mass is 9.73. The zero-order chi connectivity index (χ0) is 12.3. The topological polar surface area (TPSA) is 21.3 Å². The van der Waals surface area contributed by atoms with Gasteiger partial charge in [-0.1, -0.05) is 19.8 Å². The molecule has 0 radical (unpaired) electrons. The molecule has 17 heavy (non-hydrogen) atoms. The van der Waals surface area contributed by atoms with E-state index in [0.717, 1.165) is 26.0 Å². The third-order valence-corrected chi connectivity index (χ3v) is 4.43. The normalized spacial score (nSPS) is 38.6. The third-order valence-electron chi connectivity index (χ3n) is 4.43. The highest BCUT2D eigenvalue weighted by molar-refractivity contribution is 4.90. The van der Waals surface area contributed by atoms with Crippen molar-refractivity contribution in [2.45, 2.75) is 57.7 Å². The van der Waals surface area contributed by atoms with Gasteiger partial charge in [-0.15, -0.1) is 0 Å². The molecular formula is C14H26FNO. The van der Waals surface area contributed by atoms with Crippen molar-refractivity contribution in [1.82, 2.24) is 5.32 Å². The van der Waals surface area contributed by atoms with Crippen molar-refractivity contribution in [3.63, 3.8) is 0 Å². The highest BCUT2D eigenvalue weighted by Gasteiger charge is 2.38. The average Bonchev–Trinajstić information content (AvgIpc) is 2.30. The van der Waals surface area contributed by atoms with E-state index in [1.807, 2.05) is 0 Å². The number of halogens is 1. The first kappa shape index (κ1) is 13.3. The minimum atomic E-state index is -1.03. The maximum Gasteiger partial charge on any atom is 0.112 e. The first-order valence-electron chi connectivity index (χ1n) is 7.08. The molecule has 1 aliphatic carbocycles. The van der Waals surface area contributed by atoms with Gasteiger partial charge in [0.25, 0.3) is 0 Å². The number of alkyl halides is 1. The van der Waals surface area contributed by atoms with Gasteiger partial charge in [0, 0.05) is 12.6 Å². The predicted molar refractivity (Wildman–Crippen MR) is 67.9 cm³/mol. The van der Waals surface area contributed by atoms with Crippen LogP contribution < -0.4 is 5.32 Å². The zero-order valence-electron chi connectivity index (χ0n) is 11.2. The van der Waals surface area contributed by atoms with Crippen molar-refractivity contribution in [3.8, 4) is 0 Å². The lowest BCUT2D eigenvalue weighted by Crippen LogP contribution is -2.47. The van der Waals surface area contributed by atoms with Crippen LogP contribution >= 0.6 is 0 Å².